The Hall–Kier alpha value is -1.54. The molecule has 1 aromatic carbocycles. The summed E-state index contributed by atoms with van der Waals surface area (Å²) >= 11 is 1.48. The van der Waals surface area contributed by atoms with Crippen molar-refractivity contribution < 1.29 is 9.18 Å². The number of nitrogens with zero attached hydrogens (tertiary/aromatic N) is 1. The summed E-state index contributed by atoms with van der Waals surface area (Å²) in [6, 6.07) is 7.95. The van der Waals surface area contributed by atoms with Crippen LogP contribution >= 0.6 is 11.8 Å². The van der Waals surface area contributed by atoms with Gasteiger partial charge in [-0.25, -0.2) is 4.39 Å². The zero-order valence-corrected chi connectivity index (χ0v) is 9.39. The number of hydrogen-bond donors (Lipinski definition) is 1. The number of hydrogen-bond acceptors (Lipinski definition) is 3. The van der Waals surface area contributed by atoms with Gasteiger partial charge in [0, 0.05) is 17.1 Å². The first kappa shape index (κ1) is 12.5. The lowest BCUT2D eigenvalue weighted by atomic mass is 10.4. The van der Waals surface area contributed by atoms with E-state index in [2.05, 4.69) is 5.32 Å². The van der Waals surface area contributed by atoms with Gasteiger partial charge in [-0.2, -0.15) is 5.26 Å². The lowest BCUT2D eigenvalue weighted by Crippen LogP contribution is -2.23. The van der Waals surface area contributed by atoms with Crippen molar-refractivity contribution in [3.8, 4) is 6.07 Å². The van der Waals surface area contributed by atoms with Crippen LogP contribution in [-0.2, 0) is 4.79 Å². The van der Waals surface area contributed by atoms with E-state index in [1.807, 2.05) is 6.07 Å². The van der Waals surface area contributed by atoms with Crippen molar-refractivity contribution in [1.29, 1.82) is 5.26 Å². The van der Waals surface area contributed by atoms with E-state index in [1.165, 1.54) is 23.9 Å². The van der Waals surface area contributed by atoms with E-state index in [0.717, 1.165) is 4.90 Å². The molecule has 0 aliphatic heterocycles. The summed E-state index contributed by atoms with van der Waals surface area (Å²) < 4.78 is 12.6. The fraction of sp³-hybridized carbons (Fsp3) is 0.273. The number of carbonyl (C=O) groups excluding carboxylic acids is 1. The summed E-state index contributed by atoms with van der Waals surface area (Å²) in [5.41, 5.74) is 0. The number of halogens is 1. The first-order chi connectivity index (χ1) is 7.72. The summed E-state index contributed by atoms with van der Waals surface area (Å²) in [6.45, 7) is 0.0417. The third-order valence-corrected chi connectivity index (χ3v) is 2.79. The average molecular weight is 238 g/mol. The van der Waals surface area contributed by atoms with Gasteiger partial charge in [0.25, 0.3) is 0 Å². The predicted molar refractivity (Wildman–Crippen MR) is 60.4 cm³/mol. The minimum absolute atomic E-state index is 0.0417. The van der Waals surface area contributed by atoms with Crippen molar-refractivity contribution >= 4 is 17.7 Å². The van der Waals surface area contributed by atoms with Crippen molar-refractivity contribution in [2.75, 3.05) is 12.3 Å². The van der Waals surface area contributed by atoms with Crippen molar-refractivity contribution in [3.05, 3.63) is 30.1 Å². The lowest BCUT2D eigenvalue weighted by molar-refractivity contribution is -0.120. The van der Waals surface area contributed by atoms with Crippen LogP contribution in [0, 0.1) is 17.1 Å². The number of amides is 1. The SMILES string of the molecule is N#CCNC(=O)CCSc1ccc(F)cc1. The van der Waals surface area contributed by atoms with Crippen LogP contribution in [0.4, 0.5) is 4.39 Å². The van der Waals surface area contributed by atoms with Gasteiger partial charge < -0.3 is 5.32 Å². The first-order valence-electron chi connectivity index (χ1n) is 4.74. The van der Waals surface area contributed by atoms with Crippen LogP contribution in [0.5, 0.6) is 0 Å². The molecule has 0 saturated carbocycles. The largest absolute Gasteiger partial charge is 0.343 e. The molecule has 1 N–H and O–H groups in total. The van der Waals surface area contributed by atoms with Gasteiger partial charge in [0.1, 0.15) is 12.4 Å². The highest BCUT2D eigenvalue weighted by molar-refractivity contribution is 7.99. The van der Waals surface area contributed by atoms with Gasteiger partial charge in [0.05, 0.1) is 6.07 Å². The smallest absolute Gasteiger partial charge is 0.221 e. The van der Waals surface area contributed by atoms with E-state index < -0.39 is 0 Å². The molecule has 0 aromatic heterocycles. The summed E-state index contributed by atoms with van der Waals surface area (Å²) in [4.78, 5) is 12.0. The molecule has 0 atom stereocenters. The zero-order valence-electron chi connectivity index (χ0n) is 8.57. The Morgan fingerprint density at radius 1 is 1.44 bits per heavy atom. The highest BCUT2D eigenvalue weighted by Gasteiger charge is 2.01. The van der Waals surface area contributed by atoms with Crippen LogP contribution in [0.15, 0.2) is 29.2 Å². The van der Waals surface area contributed by atoms with Gasteiger partial charge in [-0.1, -0.05) is 0 Å². The number of benzene rings is 1. The fourth-order valence-electron chi connectivity index (χ4n) is 1.02. The van der Waals surface area contributed by atoms with E-state index >= 15 is 0 Å². The quantitative estimate of drug-likeness (QED) is 0.630. The van der Waals surface area contributed by atoms with Gasteiger partial charge >= 0.3 is 0 Å². The van der Waals surface area contributed by atoms with E-state index in [-0.39, 0.29) is 18.3 Å². The van der Waals surface area contributed by atoms with E-state index in [0.29, 0.717) is 12.2 Å². The fourth-order valence-corrected chi connectivity index (χ4v) is 1.87. The Balaban J connectivity index is 2.23. The molecule has 1 amide bonds. The molecule has 0 unspecified atom stereocenters. The Morgan fingerprint density at radius 3 is 2.75 bits per heavy atom. The van der Waals surface area contributed by atoms with E-state index in [4.69, 9.17) is 5.26 Å². The molecule has 16 heavy (non-hydrogen) atoms. The molecule has 0 bridgehead atoms. The summed E-state index contributed by atoms with van der Waals surface area (Å²) in [5, 5.41) is 10.7. The molecule has 0 saturated heterocycles. The molecule has 0 radical (unpaired) electrons. The Morgan fingerprint density at radius 2 is 2.12 bits per heavy atom. The molecule has 1 rings (SSSR count). The third-order valence-electron chi connectivity index (χ3n) is 1.78. The van der Waals surface area contributed by atoms with Crippen molar-refractivity contribution in [2.24, 2.45) is 0 Å². The molecule has 0 fully saturated rings. The molecular weight excluding hydrogens is 227 g/mol. The summed E-state index contributed by atoms with van der Waals surface area (Å²) in [6.07, 6.45) is 0.351. The lowest BCUT2D eigenvalue weighted by Gasteiger charge is -2.01. The van der Waals surface area contributed by atoms with Crippen LogP contribution in [0.3, 0.4) is 0 Å². The molecule has 0 aliphatic carbocycles. The number of nitrogens with one attached hydrogen (secondary N) is 1. The Labute approximate surface area is 97.6 Å². The molecular formula is C11H11FN2OS. The van der Waals surface area contributed by atoms with Gasteiger partial charge in [0.15, 0.2) is 0 Å². The number of rotatable bonds is 5. The van der Waals surface area contributed by atoms with Crippen molar-refractivity contribution in [2.45, 2.75) is 11.3 Å². The minimum atomic E-state index is -0.267. The van der Waals surface area contributed by atoms with Crippen molar-refractivity contribution in [1.82, 2.24) is 5.32 Å². The third kappa shape index (κ3) is 4.80. The maximum atomic E-state index is 12.6. The molecule has 3 nitrogen and oxygen atoms in total. The summed E-state index contributed by atoms with van der Waals surface area (Å²) in [5.74, 6) is 0.204. The minimum Gasteiger partial charge on any atom is -0.343 e. The highest BCUT2D eigenvalue weighted by Crippen LogP contribution is 2.18. The maximum absolute atomic E-state index is 12.6. The van der Waals surface area contributed by atoms with Crippen LogP contribution in [0.1, 0.15) is 6.42 Å². The second kappa shape index (κ2) is 6.85. The first-order valence-corrected chi connectivity index (χ1v) is 5.73. The van der Waals surface area contributed by atoms with Crippen molar-refractivity contribution in [3.63, 3.8) is 0 Å². The molecule has 0 spiro atoms. The standard InChI is InChI=1S/C11H11FN2OS/c12-9-1-3-10(4-2-9)16-8-5-11(15)14-7-6-13/h1-4H,5,7-8H2,(H,14,15). The maximum Gasteiger partial charge on any atom is 0.221 e. The summed E-state index contributed by atoms with van der Waals surface area (Å²) in [7, 11) is 0. The number of nitriles is 1. The number of carbonyl (C=O) groups is 1. The van der Waals surface area contributed by atoms with Gasteiger partial charge in [0.2, 0.25) is 5.91 Å². The van der Waals surface area contributed by atoms with Gasteiger partial charge in [-0.15, -0.1) is 11.8 Å². The predicted octanol–water partition coefficient (Wildman–Crippen LogP) is 1.95. The van der Waals surface area contributed by atoms with Crippen LogP contribution in [-0.4, -0.2) is 18.2 Å². The molecule has 0 aliphatic rings. The van der Waals surface area contributed by atoms with Crippen LogP contribution < -0.4 is 5.32 Å². The monoisotopic (exact) mass is 238 g/mol. The second-order valence-corrected chi connectivity index (χ2v) is 4.16. The van der Waals surface area contributed by atoms with Crippen LogP contribution in [0.25, 0.3) is 0 Å². The van der Waals surface area contributed by atoms with E-state index in [9.17, 15) is 9.18 Å². The molecule has 5 heteroatoms. The van der Waals surface area contributed by atoms with E-state index in [1.54, 1.807) is 12.1 Å². The topological polar surface area (TPSA) is 52.9 Å². The highest BCUT2D eigenvalue weighted by atomic mass is 32.2. The van der Waals surface area contributed by atoms with Gasteiger partial charge in [-0.3, -0.25) is 4.79 Å². The Kier molecular flexibility index (Phi) is 5.37. The number of thioether (sulfide) groups is 1. The molecule has 84 valence electrons. The average Bonchev–Trinajstić information content (AvgIpc) is 2.29. The second-order valence-electron chi connectivity index (χ2n) is 2.99. The zero-order chi connectivity index (χ0) is 11.8. The Bertz CT molecular complexity index is 386. The van der Waals surface area contributed by atoms with Crippen LogP contribution in [0.2, 0.25) is 0 Å². The molecule has 1 aromatic rings. The normalized spacial score (nSPS) is 9.50. The van der Waals surface area contributed by atoms with Gasteiger partial charge in [-0.05, 0) is 24.3 Å². The molecule has 0 heterocycles.